The van der Waals surface area contributed by atoms with E-state index >= 15 is 0 Å². The third-order valence-corrected chi connectivity index (χ3v) is 6.74. The first kappa shape index (κ1) is 28.8. The van der Waals surface area contributed by atoms with E-state index in [9.17, 15) is 4.79 Å². The Morgan fingerprint density at radius 2 is 1.85 bits per heavy atom. The minimum Gasteiger partial charge on any atom is -0.368 e. The Morgan fingerprint density at radius 1 is 1.07 bits per heavy atom. The quantitative estimate of drug-likeness (QED) is 0.349. The lowest BCUT2D eigenvalue weighted by atomic mass is 10.0. The fourth-order valence-corrected chi connectivity index (χ4v) is 4.27. The summed E-state index contributed by atoms with van der Waals surface area (Å²) in [6.45, 7) is 12.3. The first-order valence-corrected chi connectivity index (χ1v) is 13.5. The Balaban J connectivity index is 1.38. The van der Waals surface area contributed by atoms with Crippen LogP contribution in [0.5, 0.6) is 0 Å². The maximum Gasteiger partial charge on any atom is 0.234 e. The van der Waals surface area contributed by atoms with E-state index in [2.05, 4.69) is 53.5 Å². The molecule has 1 aromatic carbocycles. The summed E-state index contributed by atoms with van der Waals surface area (Å²) in [7, 11) is 2.15. The van der Waals surface area contributed by atoms with Gasteiger partial charge in [0.1, 0.15) is 23.9 Å². The molecule has 3 aromatic rings. The molecule has 4 rings (SSSR count). The van der Waals surface area contributed by atoms with Crippen molar-refractivity contribution in [2.45, 2.75) is 39.8 Å². The number of piperazine rings is 1. The molecule has 1 fully saturated rings. The van der Waals surface area contributed by atoms with E-state index in [0.29, 0.717) is 12.4 Å². The van der Waals surface area contributed by atoms with Gasteiger partial charge in [0, 0.05) is 56.8 Å². The van der Waals surface area contributed by atoms with Crippen LogP contribution in [0.25, 0.3) is 11.3 Å². The monoisotopic (exact) mass is 541 g/mol. The molecule has 0 aliphatic carbocycles. The number of hydrogen-bond donors (Lipinski definition) is 3. The number of aryl methyl sites for hydroxylation is 1. The second kappa shape index (κ2) is 12.8. The molecule has 0 bridgehead atoms. The summed E-state index contributed by atoms with van der Waals surface area (Å²) in [5, 5.41) is 13.8. The molecular formula is C30H39N9O. The van der Waals surface area contributed by atoms with Crippen LogP contribution in [0, 0.1) is 18.3 Å². The number of benzene rings is 1. The summed E-state index contributed by atoms with van der Waals surface area (Å²) in [4.78, 5) is 35.0. The van der Waals surface area contributed by atoms with E-state index in [4.69, 9.17) is 5.41 Å². The summed E-state index contributed by atoms with van der Waals surface area (Å²) < 4.78 is 0. The van der Waals surface area contributed by atoms with Gasteiger partial charge in [-0.25, -0.2) is 15.0 Å². The zero-order valence-corrected chi connectivity index (χ0v) is 24.0. The highest BCUT2D eigenvalue weighted by molar-refractivity contribution is 6.06. The molecule has 2 aromatic heterocycles. The number of nitrogens with one attached hydrogen (secondary N) is 3. The molecule has 1 saturated heterocycles. The normalized spacial score (nSPS) is 15.2. The van der Waals surface area contributed by atoms with Gasteiger partial charge in [-0.05, 0) is 64.1 Å². The van der Waals surface area contributed by atoms with Gasteiger partial charge >= 0.3 is 0 Å². The smallest absolute Gasteiger partial charge is 0.234 e. The average molecular weight is 542 g/mol. The van der Waals surface area contributed by atoms with Crippen molar-refractivity contribution >= 4 is 35.7 Å². The number of anilines is 3. The molecule has 3 N–H and O–H groups in total. The van der Waals surface area contributed by atoms with Crippen LogP contribution in [-0.2, 0) is 11.3 Å². The summed E-state index contributed by atoms with van der Waals surface area (Å²) in [6.07, 6.45) is 6.09. The molecule has 210 valence electrons. The van der Waals surface area contributed by atoms with Crippen molar-refractivity contribution in [1.29, 1.82) is 5.41 Å². The number of carbonyl (C=O) groups excluding carboxylic acids is 1. The van der Waals surface area contributed by atoms with Gasteiger partial charge in [0.2, 0.25) is 5.91 Å². The third-order valence-electron chi connectivity index (χ3n) is 6.74. The zero-order chi connectivity index (χ0) is 28.7. The zero-order valence-electron chi connectivity index (χ0n) is 24.0. The van der Waals surface area contributed by atoms with Gasteiger partial charge in [-0.2, -0.15) is 0 Å². The van der Waals surface area contributed by atoms with E-state index < -0.39 is 5.92 Å². The van der Waals surface area contributed by atoms with Gasteiger partial charge < -0.3 is 25.8 Å². The van der Waals surface area contributed by atoms with Crippen molar-refractivity contribution in [2.75, 3.05) is 43.4 Å². The molecule has 0 saturated carbocycles. The lowest BCUT2D eigenvalue weighted by molar-refractivity contribution is -0.121. The van der Waals surface area contributed by atoms with E-state index in [1.807, 2.05) is 64.2 Å². The highest BCUT2D eigenvalue weighted by atomic mass is 16.1. The number of rotatable bonds is 9. The van der Waals surface area contributed by atoms with Gasteiger partial charge in [0.05, 0.1) is 23.1 Å². The van der Waals surface area contributed by atoms with E-state index in [0.717, 1.165) is 66.3 Å². The number of carbonyl (C=O) groups is 1. The molecule has 1 aliphatic heterocycles. The summed E-state index contributed by atoms with van der Waals surface area (Å²) in [6, 6.07) is 12.0. The molecule has 1 amide bonds. The summed E-state index contributed by atoms with van der Waals surface area (Å²) in [5.74, 6) is 0.445. The first-order valence-electron chi connectivity index (χ1n) is 13.5. The van der Waals surface area contributed by atoms with Crippen molar-refractivity contribution in [2.24, 2.45) is 10.9 Å². The van der Waals surface area contributed by atoms with Gasteiger partial charge in [-0.1, -0.05) is 12.1 Å². The van der Waals surface area contributed by atoms with Gasteiger partial charge in [-0.3, -0.25) is 9.79 Å². The van der Waals surface area contributed by atoms with Crippen molar-refractivity contribution in [3.8, 4) is 11.3 Å². The van der Waals surface area contributed by atoms with Crippen LogP contribution >= 0.6 is 0 Å². The summed E-state index contributed by atoms with van der Waals surface area (Å²) in [5.41, 5.74) is 4.59. The number of likely N-dealkylation sites (N-methyl/N-ethyl adjacent to an activating group) is 1. The largest absolute Gasteiger partial charge is 0.368 e. The van der Waals surface area contributed by atoms with Gasteiger partial charge in [0.15, 0.2) is 0 Å². The highest BCUT2D eigenvalue weighted by Crippen LogP contribution is 2.24. The van der Waals surface area contributed by atoms with Crippen molar-refractivity contribution in [3.05, 3.63) is 60.0 Å². The number of amides is 1. The Labute approximate surface area is 236 Å². The Kier molecular flexibility index (Phi) is 9.21. The van der Waals surface area contributed by atoms with Gasteiger partial charge in [-0.15, -0.1) is 0 Å². The van der Waals surface area contributed by atoms with Gasteiger partial charge in [0.25, 0.3) is 0 Å². The van der Waals surface area contributed by atoms with Crippen LogP contribution in [0.2, 0.25) is 0 Å². The lowest BCUT2D eigenvalue weighted by Gasteiger charge is -2.33. The van der Waals surface area contributed by atoms with E-state index in [1.165, 1.54) is 12.5 Å². The van der Waals surface area contributed by atoms with Crippen molar-refractivity contribution < 1.29 is 4.79 Å². The second-order valence-corrected chi connectivity index (χ2v) is 11.1. The Morgan fingerprint density at radius 3 is 2.50 bits per heavy atom. The van der Waals surface area contributed by atoms with Crippen LogP contribution in [0.4, 0.5) is 17.3 Å². The Hall–Kier alpha value is -4.18. The predicted octanol–water partition coefficient (Wildman–Crippen LogP) is 4.09. The maximum absolute atomic E-state index is 12.6. The molecule has 1 unspecified atom stereocenters. The minimum absolute atomic E-state index is 0.247. The van der Waals surface area contributed by atoms with Crippen LogP contribution in [0.1, 0.15) is 31.9 Å². The van der Waals surface area contributed by atoms with E-state index in [1.54, 1.807) is 0 Å². The molecule has 1 atom stereocenters. The fraction of sp³-hybridized carbons (Fsp3) is 0.400. The molecule has 0 radical (unpaired) electrons. The second-order valence-electron chi connectivity index (χ2n) is 11.1. The number of nitrogens with zero attached hydrogens (tertiary/aromatic N) is 6. The SMILES string of the molecule is Cc1cc(-c2cc(Nc3ccc(N4CCN(C)CC4)cn3)ncn2)ccc1CNC(=O)C(C=N)C=NC(C)(C)C. The Bertz CT molecular complexity index is 1340. The predicted molar refractivity (Wildman–Crippen MR) is 162 cm³/mol. The topological polar surface area (TPSA) is 122 Å². The number of hydrogen-bond acceptors (Lipinski definition) is 9. The molecule has 40 heavy (non-hydrogen) atoms. The molecule has 10 nitrogen and oxygen atoms in total. The standard InChI is InChI=1S/C30H39N9O/c1-21-14-22(6-7-23(21)17-33-29(40)24(16-31)18-36-30(2,3)4)26-15-28(35-20-34-26)37-27-9-8-25(19-32-27)39-12-10-38(5)11-13-39/h6-9,14-16,18-20,24,31H,10-13,17H2,1-5H3,(H,33,40)(H,32,34,35,37). The van der Waals surface area contributed by atoms with Crippen LogP contribution in [0.15, 0.2) is 53.9 Å². The van der Waals surface area contributed by atoms with Crippen molar-refractivity contribution in [3.63, 3.8) is 0 Å². The third kappa shape index (κ3) is 7.92. The van der Waals surface area contributed by atoms with Crippen LogP contribution in [0.3, 0.4) is 0 Å². The fourth-order valence-electron chi connectivity index (χ4n) is 4.27. The minimum atomic E-state index is -0.691. The number of aliphatic imine (C=N–C) groups is 1. The first-order chi connectivity index (χ1) is 19.1. The number of pyridine rings is 1. The molecule has 3 heterocycles. The van der Waals surface area contributed by atoms with Crippen LogP contribution < -0.4 is 15.5 Å². The number of aromatic nitrogens is 3. The van der Waals surface area contributed by atoms with E-state index in [-0.39, 0.29) is 11.4 Å². The summed E-state index contributed by atoms with van der Waals surface area (Å²) >= 11 is 0. The molecule has 1 aliphatic rings. The molecular weight excluding hydrogens is 502 g/mol. The van der Waals surface area contributed by atoms with Crippen LogP contribution in [-0.4, -0.2) is 77.0 Å². The average Bonchev–Trinajstić information content (AvgIpc) is 2.93. The molecule has 0 spiro atoms. The maximum atomic E-state index is 12.6. The highest BCUT2D eigenvalue weighted by Gasteiger charge is 2.16. The molecule has 10 heteroatoms. The van der Waals surface area contributed by atoms with Crippen molar-refractivity contribution in [1.82, 2.24) is 25.2 Å². The lowest BCUT2D eigenvalue weighted by Crippen LogP contribution is -2.44.